The van der Waals surface area contributed by atoms with Gasteiger partial charge < -0.3 is 9.88 Å². The van der Waals surface area contributed by atoms with E-state index in [1.165, 1.54) is 12.3 Å². The lowest BCUT2D eigenvalue weighted by atomic mass is 10.3. The van der Waals surface area contributed by atoms with Gasteiger partial charge in [0.15, 0.2) is 0 Å². The van der Waals surface area contributed by atoms with Crippen LogP contribution in [0.1, 0.15) is 23.3 Å². The molecule has 0 bridgehead atoms. The molecule has 0 radical (unpaired) electrons. The molecule has 0 saturated heterocycles. The Hall–Kier alpha value is -2.36. The van der Waals surface area contributed by atoms with Crippen molar-refractivity contribution in [2.75, 3.05) is 6.54 Å². The molecule has 0 spiro atoms. The van der Waals surface area contributed by atoms with Gasteiger partial charge >= 0.3 is 0 Å². The maximum Gasteiger partial charge on any atom is 0.287 e. The van der Waals surface area contributed by atoms with Crippen LogP contribution in [0.25, 0.3) is 0 Å². The zero-order valence-corrected chi connectivity index (χ0v) is 9.63. The smallest absolute Gasteiger partial charge is 0.287 e. The third kappa shape index (κ3) is 2.66. The summed E-state index contributed by atoms with van der Waals surface area (Å²) in [6.07, 6.45) is 3.55. The van der Waals surface area contributed by atoms with Crippen LogP contribution < -0.4 is 5.32 Å². The van der Waals surface area contributed by atoms with E-state index >= 15 is 0 Å². The van der Waals surface area contributed by atoms with Crippen LogP contribution in [0.15, 0.2) is 12.3 Å². The van der Waals surface area contributed by atoms with Crippen LogP contribution in [-0.2, 0) is 6.54 Å². The first-order chi connectivity index (χ1) is 8.61. The number of nitriles is 1. The molecule has 1 fully saturated rings. The van der Waals surface area contributed by atoms with Crippen LogP contribution in [-0.4, -0.2) is 21.9 Å². The number of hydrogen-bond acceptors (Lipinski definition) is 4. The van der Waals surface area contributed by atoms with Crippen molar-refractivity contribution < 1.29 is 9.72 Å². The number of amides is 1. The Kier molecular flexibility index (Phi) is 3.28. The third-order valence-electron chi connectivity index (χ3n) is 2.81. The number of carbonyl (C=O) groups excluding carboxylic acids is 1. The Morgan fingerprint density at radius 3 is 2.94 bits per heavy atom. The molecule has 0 aromatic carbocycles. The highest BCUT2D eigenvalue weighted by molar-refractivity contribution is 5.93. The van der Waals surface area contributed by atoms with Crippen molar-refractivity contribution in [3.05, 3.63) is 28.1 Å². The third-order valence-corrected chi connectivity index (χ3v) is 2.81. The van der Waals surface area contributed by atoms with Gasteiger partial charge in [0, 0.05) is 12.6 Å². The molecule has 94 valence electrons. The van der Waals surface area contributed by atoms with E-state index in [0.717, 1.165) is 12.8 Å². The number of aromatic nitrogens is 1. The molecule has 0 aliphatic heterocycles. The minimum atomic E-state index is -0.523. The van der Waals surface area contributed by atoms with Gasteiger partial charge in [0.2, 0.25) is 0 Å². The summed E-state index contributed by atoms with van der Waals surface area (Å²) in [5, 5.41) is 21.5. The number of rotatable bonds is 5. The van der Waals surface area contributed by atoms with Crippen molar-refractivity contribution in [2.24, 2.45) is 5.92 Å². The Morgan fingerprint density at radius 1 is 1.67 bits per heavy atom. The summed E-state index contributed by atoms with van der Waals surface area (Å²) in [6.45, 7) is 0.504. The molecule has 7 nitrogen and oxygen atoms in total. The van der Waals surface area contributed by atoms with Crippen molar-refractivity contribution in [3.63, 3.8) is 0 Å². The lowest BCUT2D eigenvalue weighted by Crippen LogP contribution is -2.26. The second kappa shape index (κ2) is 4.87. The van der Waals surface area contributed by atoms with Crippen LogP contribution in [0, 0.1) is 27.4 Å². The molecule has 7 heteroatoms. The molecule has 1 aliphatic rings. The molecule has 2 rings (SSSR count). The van der Waals surface area contributed by atoms with E-state index in [-0.39, 0.29) is 17.9 Å². The summed E-state index contributed by atoms with van der Waals surface area (Å²) >= 11 is 0. The van der Waals surface area contributed by atoms with Gasteiger partial charge in [-0.05, 0) is 18.8 Å². The van der Waals surface area contributed by atoms with Crippen LogP contribution in [0.4, 0.5) is 5.69 Å². The Morgan fingerprint density at radius 2 is 2.39 bits per heavy atom. The van der Waals surface area contributed by atoms with Gasteiger partial charge in [0.25, 0.3) is 11.6 Å². The normalized spacial score (nSPS) is 13.9. The lowest BCUT2D eigenvalue weighted by molar-refractivity contribution is -0.384. The maximum absolute atomic E-state index is 11.8. The largest absolute Gasteiger partial charge is 0.338 e. The summed E-state index contributed by atoms with van der Waals surface area (Å²) in [7, 11) is 0. The fourth-order valence-electron chi connectivity index (χ4n) is 1.73. The summed E-state index contributed by atoms with van der Waals surface area (Å²) in [4.78, 5) is 21.9. The number of nitrogens with zero attached hydrogens (tertiary/aromatic N) is 3. The first-order valence-corrected chi connectivity index (χ1v) is 5.61. The zero-order valence-electron chi connectivity index (χ0n) is 9.63. The van der Waals surface area contributed by atoms with Crippen molar-refractivity contribution in [2.45, 2.75) is 19.4 Å². The topological polar surface area (TPSA) is 101 Å². The molecule has 1 aliphatic carbocycles. The van der Waals surface area contributed by atoms with Gasteiger partial charge in [-0.2, -0.15) is 5.26 Å². The minimum absolute atomic E-state index is 0.0993. The highest BCUT2D eigenvalue weighted by atomic mass is 16.6. The SMILES string of the molecule is N#CCNC(=O)c1cc([N+](=O)[O-])cn1CC1CC1. The van der Waals surface area contributed by atoms with E-state index in [1.54, 1.807) is 10.6 Å². The Balaban J connectivity index is 2.22. The number of nitrogens with one attached hydrogen (secondary N) is 1. The maximum atomic E-state index is 11.8. The first-order valence-electron chi connectivity index (χ1n) is 5.61. The molecule has 0 unspecified atom stereocenters. The van der Waals surface area contributed by atoms with E-state index in [2.05, 4.69) is 5.32 Å². The standard InChI is InChI=1S/C11H12N4O3/c12-3-4-13-11(16)10-5-9(15(17)18)7-14(10)6-8-1-2-8/h5,7-8H,1-2,4,6H2,(H,13,16). The van der Waals surface area contributed by atoms with Gasteiger partial charge in [-0.3, -0.25) is 14.9 Å². The molecule has 1 aromatic heterocycles. The molecule has 1 heterocycles. The van der Waals surface area contributed by atoms with E-state index in [0.29, 0.717) is 12.5 Å². The Bertz CT molecular complexity index is 525. The molecule has 1 aromatic rings. The molecular weight excluding hydrogens is 236 g/mol. The van der Waals surface area contributed by atoms with Gasteiger partial charge in [-0.15, -0.1) is 0 Å². The van der Waals surface area contributed by atoms with Gasteiger partial charge in [-0.1, -0.05) is 0 Å². The highest BCUT2D eigenvalue weighted by Crippen LogP contribution is 2.32. The molecule has 1 saturated carbocycles. The number of nitro groups is 1. The van der Waals surface area contributed by atoms with Gasteiger partial charge in [0.05, 0.1) is 17.2 Å². The predicted octanol–water partition coefficient (Wildman–Crippen LogP) is 1.06. The van der Waals surface area contributed by atoms with Crippen molar-refractivity contribution in [3.8, 4) is 6.07 Å². The quantitative estimate of drug-likeness (QED) is 0.478. The second-order valence-corrected chi connectivity index (χ2v) is 4.28. The molecule has 1 N–H and O–H groups in total. The number of carbonyl (C=O) groups is 1. The fourth-order valence-corrected chi connectivity index (χ4v) is 1.73. The molecular formula is C11H12N4O3. The van der Waals surface area contributed by atoms with Gasteiger partial charge in [-0.25, -0.2) is 0 Å². The van der Waals surface area contributed by atoms with Crippen molar-refractivity contribution in [1.82, 2.24) is 9.88 Å². The van der Waals surface area contributed by atoms with Crippen LogP contribution in [0.3, 0.4) is 0 Å². The number of hydrogen-bond donors (Lipinski definition) is 1. The molecule has 0 atom stereocenters. The van der Waals surface area contributed by atoms with E-state index in [4.69, 9.17) is 5.26 Å². The highest BCUT2D eigenvalue weighted by Gasteiger charge is 2.26. The average molecular weight is 248 g/mol. The second-order valence-electron chi connectivity index (χ2n) is 4.28. The van der Waals surface area contributed by atoms with E-state index in [1.807, 2.05) is 0 Å². The summed E-state index contributed by atoms with van der Waals surface area (Å²) < 4.78 is 1.60. The van der Waals surface area contributed by atoms with Gasteiger partial charge in [0.1, 0.15) is 12.2 Å². The summed E-state index contributed by atoms with van der Waals surface area (Å²) in [5.41, 5.74) is 0.140. The van der Waals surface area contributed by atoms with Crippen LogP contribution in [0.2, 0.25) is 0 Å². The van der Waals surface area contributed by atoms with Crippen molar-refractivity contribution in [1.29, 1.82) is 5.26 Å². The minimum Gasteiger partial charge on any atom is -0.338 e. The monoisotopic (exact) mass is 248 g/mol. The van der Waals surface area contributed by atoms with E-state index in [9.17, 15) is 14.9 Å². The van der Waals surface area contributed by atoms with E-state index < -0.39 is 10.8 Å². The summed E-state index contributed by atoms with van der Waals surface area (Å²) in [6, 6.07) is 3.04. The average Bonchev–Trinajstić information content (AvgIpc) is 3.03. The van der Waals surface area contributed by atoms with Crippen LogP contribution >= 0.6 is 0 Å². The molecule has 18 heavy (non-hydrogen) atoms. The predicted molar refractivity (Wildman–Crippen MR) is 61.8 cm³/mol. The first kappa shape index (κ1) is 12.1. The van der Waals surface area contributed by atoms with Crippen molar-refractivity contribution >= 4 is 11.6 Å². The van der Waals surface area contributed by atoms with Crippen LogP contribution in [0.5, 0.6) is 0 Å². The lowest BCUT2D eigenvalue weighted by Gasteiger charge is -2.06. The zero-order chi connectivity index (χ0) is 13.1. The Labute approximate surface area is 103 Å². The molecule has 1 amide bonds. The fraction of sp³-hybridized carbons (Fsp3) is 0.455. The summed E-state index contributed by atoms with van der Waals surface area (Å²) in [5.74, 6) is 0.0461.